The fourth-order valence-electron chi connectivity index (χ4n) is 3.15. The molecule has 3 rings (SSSR count). The number of methoxy groups -OCH3 is 1. The lowest BCUT2D eigenvalue weighted by Crippen LogP contribution is -2.44. The Labute approximate surface area is 165 Å². The Kier molecular flexibility index (Phi) is 6.47. The molecule has 0 bridgehead atoms. The molecule has 0 unspecified atom stereocenters. The average molecular weight is 408 g/mol. The van der Waals surface area contributed by atoms with E-state index in [9.17, 15) is 8.42 Å². The van der Waals surface area contributed by atoms with Gasteiger partial charge in [0.15, 0.2) is 0 Å². The molecule has 2 aromatic carbocycles. The van der Waals surface area contributed by atoms with E-state index in [1.165, 1.54) is 0 Å². The zero-order valence-electron chi connectivity index (χ0n) is 15.6. The number of thioether (sulfide) groups is 1. The summed E-state index contributed by atoms with van der Waals surface area (Å²) < 4.78 is 39.1. The zero-order valence-corrected chi connectivity index (χ0v) is 17.2. The molecule has 146 valence electrons. The van der Waals surface area contributed by atoms with Crippen LogP contribution in [0.2, 0.25) is 0 Å². The number of sulfonamides is 1. The van der Waals surface area contributed by atoms with E-state index in [0.717, 1.165) is 17.7 Å². The lowest BCUT2D eigenvalue weighted by molar-refractivity contribution is 0.0784. The predicted octanol–water partition coefficient (Wildman–Crippen LogP) is 3.62. The van der Waals surface area contributed by atoms with E-state index >= 15 is 0 Å². The summed E-state index contributed by atoms with van der Waals surface area (Å²) in [6.45, 7) is 3.43. The first-order valence-electron chi connectivity index (χ1n) is 8.90. The fourth-order valence-corrected chi connectivity index (χ4v) is 5.90. The minimum Gasteiger partial charge on any atom is -0.497 e. The molecular weight excluding hydrogens is 382 g/mol. The average Bonchev–Trinajstić information content (AvgIpc) is 2.68. The van der Waals surface area contributed by atoms with Gasteiger partial charge in [-0.25, -0.2) is 13.1 Å². The molecule has 2 aromatic rings. The zero-order chi connectivity index (χ0) is 19.3. The lowest BCUT2D eigenvalue weighted by atomic mass is 9.99. The maximum Gasteiger partial charge on any atom is 0.240 e. The Morgan fingerprint density at radius 3 is 2.48 bits per heavy atom. The molecule has 0 spiro atoms. The molecule has 7 heteroatoms. The van der Waals surface area contributed by atoms with Gasteiger partial charge in [-0.1, -0.05) is 18.2 Å². The lowest BCUT2D eigenvalue weighted by Gasteiger charge is -2.36. The van der Waals surface area contributed by atoms with Crippen molar-refractivity contribution in [2.75, 3.05) is 26.9 Å². The van der Waals surface area contributed by atoms with Gasteiger partial charge in [-0.2, -0.15) is 0 Å². The topological polar surface area (TPSA) is 64.6 Å². The highest BCUT2D eigenvalue weighted by molar-refractivity contribution is 8.00. The molecule has 1 aliphatic rings. The van der Waals surface area contributed by atoms with Crippen molar-refractivity contribution in [3.05, 3.63) is 54.1 Å². The maximum atomic E-state index is 12.9. The van der Waals surface area contributed by atoms with Crippen LogP contribution in [-0.4, -0.2) is 40.0 Å². The van der Waals surface area contributed by atoms with Crippen molar-refractivity contribution < 1.29 is 17.9 Å². The highest BCUT2D eigenvalue weighted by Gasteiger charge is 2.35. The van der Waals surface area contributed by atoms with Gasteiger partial charge in [0.2, 0.25) is 10.0 Å². The first-order chi connectivity index (χ1) is 12.9. The second kappa shape index (κ2) is 8.65. The third-order valence-corrected chi connectivity index (χ3v) is 7.79. The summed E-state index contributed by atoms with van der Waals surface area (Å²) in [4.78, 5) is 1.43. The molecule has 0 amide bonds. The third-order valence-electron chi connectivity index (χ3n) is 4.74. The van der Waals surface area contributed by atoms with Crippen molar-refractivity contribution in [1.82, 2.24) is 4.72 Å². The largest absolute Gasteiger partial charge is 0.497 e. The normalized spacial score (nSPS) is 16.8. The highest BCUT2D eigenvalue weighted by Crippen LogP contribution is 2.40. The molecule has 0 aliphatic carbocycles. The van der Waals surface area contributed by atoms with Crippen LogP contribution in [0.1, 0.15) is 18.4 Å². The van der Waals surface area contributed by atoms with Gasteiger partial charge >= 0.3 is 0 Å². The van der Waals surface area contributed by atoms with Gasteiger partial charge in [0.05, 0.1) is 12.0 Å². The van der Waals surface area contributed by atoms with Crippen molar-refractivity contribution in [2.45, 2.75) is 34.3 Å². The number of ether oxygens (including phenoxy) is 2. The minimum atomic E-state index is -3.61. The van der Waals surface area contributed by atoms with Gasteiger partial charge in [-0.3, -0.25) is 0 Å². The van der Waals surface area contributed by atoms with Gasteiger partial charge in [0.25, 0.3) is 0 Å². The van der Waals surface area contributed by atoms with Crippen LogP contribution < -0.4 is 9.46 Å². The second-order valence-electron chi connectivity index (χ2n) is 6.67. The maximum absolute atomic E-state index is 12.9. The summed E-state index contributed by atoms with van der Waals surface area (Å²) in [5.74, 6) is 0.645. The smallest absolute Gasteiger partial charge is 0.240 e. The highest BCUT2D eigenvalue weighted by atomic mass is 32.2. The molecule has 1 fully saturated rings. The van der Waals surface area contributed by atoms with Crippen molar-refractivity contribution in [3.63, 3.8) is 0 Å². The van der Waals surface area contributed by atoms with E-state index in [1.54, 1.807) is 44.0 Å². The van der Waals surface area contributed by atoms with Gasteiger partial charge in [0, 0.05) is 29.4 Å². The molecular formula is C20H25NO4S2. The van der Waals surface area contributed by atoms with E-state index in [0.29, 0.717) is 31.1 Å². The number of aryl methyl sites for hydroxylation is 1. The summed E-state index contributed by atoms with van der Waals surface area (Å²) >= 11 is 1.73. The summed E-state index contributed by atoms with van der Waals surface area (Å²) in [5, 5.41) is 0. The Morgan fingerprint density at radius 2 is 1.85 bits per heavy atom. The minimum absolute atomic E-state index is 0.215. The fraction of sp³-hybridized carbons (Fsp3) is 0.400. The molecule has 1 heterocycles. The monoisotopic (exact) mass is 407 g/mol. The predicted molar refractivity (Wildman–Crippen MR) is 108 cm³/mol. The Balaban J connectivity index is 1.78. The SMILES string of the molecule is COc1ccc(S(=O)(=O)NCC2(Sc3ccccc3)CCOCC2)c(C)c1. The van der Waals surface area contributed by atoms with Crippen LogP contribution in [0.3, 0.4) is 0 Å². The summed E-state index contributed by atoms with van der Waals surface area (Å²) in [6.07, 6.45) is 1.60. The van der Waals surface area contributed by atoms with Crippen molar-refractivity contribution in [1.29, 1.82) is 0 Å². The first-order valence-corrected chi connectivity index (χ1v) is 11.2. The summed E-state index contributed by atoms with van der Waals surface area (Å²) in [5.41, 5.74) is 0.665. The van der Waals surface area contributed by atoms with Gasteiger partial charge in [-0.05, 0) is 55.7 Å². The molecule has 0 radical (unpaired) electrons. The molecule has 5 nitrogen and oxygen atoms in total. The Morgan fingerprint density at radius 1 is 1.15 bits per heavy atom. The van der Waals surface area contributed by atoms with E-state index in [2.05, 4.69) is 16.9 Å². The second-order valence-corrected chi connectivity index (χ2v) is 9.94. The first kappa shape index (κ1) is 20.2. The van der Waals surface area contributed by atoms with Crippen LogP contribution >= 0.6 is 11.8 Å². The van der Waals surface area contributed by atoms with Crippen LogP contribution in [0.4, 0.5) is 0 Å². The van der Waals surface area contributed by atoms with Crippen LogP contribution in [-0.2, 0) is 14.8 Å². The van der Waals surface area contributed by atoms with Crippen LogP contribution in [0.15, 0.2) is 58.3 Å². The van der Waals surface area contributed by atoms with Crippen LogP contribution in [0, 0.1) is 6.92 Å². The van der Waals surface area contributed by atoms with Gasteiger partial charge in [0.1, 0.15) is 5.75 Å². The Bertz CT molecular complexity index is 863. The number of benzene rings is 2. The van der Waals surface area contributed by atoms with E-state index in [1.807, 2.05) is 18.2 Å². The quantitative estimate of drug-likeness (QED) is 0.759. The molecule has 1 aliphatic heterocycles. The van der Waals surface area contributed by atoms with Crippen LogP contribution in [0.25, 0.3) is 0 Å². The van der Waals surface area contributed by atoms with Crippen LogP contribution in [0.5, 0.6) is 5.75 Å². The molecule has 27 heavy (non-hydrogen) atoms. The van der Waals surface area contributed by atoms with E-state index in [-0.39, 0.29) is 9.64 Å². The number of hydrogen-bond donors (Lipinski definition) is 1. The van der Waals surface area contributed by atoms with Crippen molar-refractivity contribution in [3.8, 4) is 5.75 Å². The Hall–Kier alpha value is -1.54. The van der Waals surface area contributed by atoms with E-state index in [4.69, 9.17) is 9.47 Å². The van der Waals surface area contributed by atoms with Crippen molar-refractivity contribution >= 4 is 21.8 Å². The van der Waals surface area contributed by atoms with Crippen molar-refractivity contribution in [2.24, 2.45) is 0 Å². The molecule has 0 saturated carbocycles. The number of nitrogens with one attached hydrogen (secondary N) is 1. The molecule has 1 N–H and O–H groups in total. The van der Waals surface area contributed by atoms with E-state index < -0.39 is 10.0 Å². The number of rotatable bonds is 7. The number of hydrogen-bond acceptors (Lipinski definition) is 5. The summed E-state index contributed by atoms with van der Waals surface area (Å²) in [7, 11) is -2.04. The molecule has 0 aromatic heterocycles. The van der Waals surface area contributed by atoms with Gasteiger partial charge < -0.3 is 9.47 Å². The third kappa shape index (κ3) is 5.04. The standard InChI is InChI=1S/C20H25NO4S2/c1-16-14-17(24-2)8-9-19(16)27(22,23)21-15-20(10-12-25-13-11-20)26-18-6-4-3-5-7-18/h3-9,14,21H,10-13,15H2,1-2H3. The molecule has 0 atom stereocenters. The summed E-state index contributed by atoms with van der Waals surface area (Å²) in [6, 6.07) is 15.1. The molecule has 1 saturated heterocycles. The van der Waals surface area contributed by atoms with Gasteiger partial charge in [-0.15, -0.1) is 11.8 Å².